The summed E-state index contributed by atoms with van der Waals surface area (Å²) in [4.78, 5) is 26.1. The quantitative estimate of drug-likeness (QED) is 0.854. The minimum Gasteiger partial charge on any atom is -0.377 e. The van der Waals surface area contributed by atoms with Crippen molar-refractivity contribution < 1.29 is 14.3 Å². The summed E-state index contributed by atoms with van der Waals surface area (Å²) in [6, 6.07) is 8.52. The molecule has 0 saturated carbocycles. The Morgan fingerprint density at radius 2 is 2.14 bits per heavy atom. The minimum absolute atomic E-state index is 0.204. The van der Waals surface area contributed by atoms with Gasteiger partial charge < -0.3 is 15.0 Å². The van der Waals surface area contributed by atoms with Crippen LogP contribution in [0, 0.1) is 0 Å². The van der Waals surface area contributed by atoms with Gasteiger partial charge in [0.2, 0.25) is 11.8 Å². The molecule has 1 fully saturated rings. The van der Waals surface area contributed by atoms with E-state index in [2.05, 4.69) is 5.32 Å². The number of amides is 2. The molecular weight excluding hydrogens is 292 g/mol. The van der Waals surface area contributed by atoms with Gasteiger partial charge in [0, 0.05) is 13.1 Å². The van der Waals surface area contributed by atoms with Crippen LogP contribution < -0.4 is 5.32 Å². The lowest BCUT2D eigenvalue weighted by molar-refractivity contribution is -0.148. The number of alkyl halides is 1. The third kappa shape index (κ3) is 3.74. The predicted octanol–water partition coefficient (Wildman–Crippen LogP) is 1.33. The maximum Gasteiger partial charge on any atom is 0.246 e. The summed E-state index contributed by atoms with van der Waals surface area (Å²) >= 11 is 6.27. The van der Waals surface area contributed by atoms with Crippen LogP contribution >= 0.6 is 11.6 Å². The van der Waals surface area contributed by atoms with Gasteiger partial charge in [-0.2, -0.15) is 0 Å². The molecule has 1 N–H and O–H groups in total. The number of rotatable bonds is 4. The van der Waals surface area contributed by atoms with E-state index in [1.54, 1.807) is 12.1 Å². The number of carbonyl (C=O) groups is 2. The van der Waals surface area contributed by atoms with E-state index < -0.39 is 11.4 Å². The number of likely N-dealkylation sites (N-methyl/N-ethyl adjacent to an activating group) is 1. The van der Waals surface area contributed by atoms with Crippen LogP contribution in [0.5, 0.6) is 0 Å². The number of nitrogens with zero attached hydrogens (tertiary/aromatic N) is 1. The van der Waals surface area contributed by atoms with E-state index in [-0.39, 0.29) is 18.4 Å². The van der Waals surface area contributed by atoms with E-state index in [0.29, 0.717) is 19.7 Å². The van der Waals surface area contributed by atoms with Gasteiger partial charge in [0.05, 0.1) is 13.2 Å². The van der Waals surface area contributed by atoms with Crippen LogP contribution in [0.15, 0.2) is 30.3 Å². The number of morpholine rings is 1. The van der Waals surface area contributed by atoms with Gasteiger partial charge in [-0.1, -0.05) is 30.3 Å². The molecule has 1 saturated heterocycles. The average Bonchev–Trinajstić information content (AvgIpc) is 2.54. The molecule has 114 valence electrons. The fourth-order valence-electron chi connectivity index (χ4n) is 2.29. The number of hydrogen-bond acceptors (Lipinski definition) is 3. The SMILES string of the molecule is CCNC(=O)C1COCCN1C(=O)C(Cl)c1ccccc1. The monoisotopic (exact) mass is 310 g/mol. The Morgan fingerprint density at radius 3 is 2.81 bits per heavy atom. The Labute approximate surface area is 129 Å². The molecule has 1 heterocycles. The molecule has 21 heavy (non-hydrogen) atoms. The van der Waals surface area contributed by atoms with Gasteiger partial charge in [0.25, 0.3) is 0 Å². The molecule has 6 heteroatoms. The molecule has 1 aliphatic heterocycles. The number of nitrogens with one attached hydrogen (secondary N) is 1. The largest absolute Gasteiger partial charge is 0.377 e. The maximum atomic E-state index is 12.6. The second-order valence-corrected chi connectivity index (χ2v) is 5.23. The van der Waals surface area contributed by atoms with E-state index >= 15 is 0 Å². The Hall–Kier alpha value is -1.59. The minimum atomic E-state index is -0.791. The van der Waals surface area contributed by atoms with Crippen molar-refractivity contribution in [3.63, 3.8) is 0 Å². The van der Waals surface area contributed by atoms with E-state index in [0.717, 1.165) is 5.56 Å². The molecule has 0 aromatic heterocycles. The molecule has 2 amide bonds. The fraction of sp³-hybridized carbons (Fsp3) is 0.467. The van der Waals surface area contributed by atoms with Crippen LogP contribution in [0.1, 0.15) is 17.9 Å². The lowest BCUT2D eigenvalue weighted by Crippen LogP contribution is -2.56. The summed E-state index contributed by atoms with van der Waals surface area (Å²) in [6.07, 6.45) is 0. The number of halogens is 1. The fourth-order valence-corrected chi connectivity index (χ4v) is 2.56. The summed E-state index contributed by atoms with van der Waals surface area (Å²) < 4.78 is 5.32. The highest BCUT2D eigenvalue weighted by molar-refractivity contribution is 6.30. The Bertz CT molecular complexity index is 495. The molecule has 0 bridgehead atoms. The first-order valence-corrected chi connectivity index (χ1v) is 7.43. The Balaban J connectivity index is 2.13. The van der Waals surface area contributed by atoms with Crippen LogP contribution in [-0.4, -0.2) is 49.1 Å². The van der Waals surface area contributed by atoms with E-state index in [4.69, 9.17) is 16.3 Å². The summed E-state index contributed by atoms with van der Waals surface area (Å²) in [5, 5.41) is 1.93. The number of ether oxygens (including phenoxy) is 1. The third-order valence-electron chi connectivity index (χ3n) is 3.37. The van der Waals surface area contributed by atoms with Crippen LogP contribution in [0.4, 0.5) is 0 Å². The summed E-state index contributed by atoms with van der Waals surface area (Å²) in [5.41, 5.74) is 0.727. The smallest absolute Gasteiger partial charge is 0.246 e. The Morgan fingerprint density at radius 1 is 1.43 bits per heavy atom. The predicted molar refractivity (Wildman–Crippen MR) is 80.0 cm³/mol. The standard InChI is InChI=1S/C15H19ClN2O3/c1-2-17-14(19)12-10-21-9-8-18(12)15(20)13(16)11-6-4-3-5-7-11/h3-7,12-13H,2,8-10H2,1H3,(H,17,19). The molecule has 0 radical (unpaired) electrons. The lowest BCUT2D eigenvalue weighted by Gasteiger charge is -2.35. The highest BCUT2D eigenvalue weighted by atomic mass is 35.5. The van der Waals surface area contributed by atoms with Crippen molar-refractivity contribution in [2.24, 2.45) is 0 Å². The molecule has 1 aromatic rings. The molecule has 2 rings (SSSR count). The van der Waals surface area contributed by atoms with Gasteiger partial charge in [-0.3, -0.25) is 9.59 Å². The number of carbonyl (C=O) groups excluding carboxylic acids is 2. The van der Waals surface area contributed by atoms with Gasteiger partial charge in [0.15, 0.2) is 0 Å². The normalized spacial score (nSPS) is 19.9. The summed E-state index contributed by atoms with van der Waals surface area (Å²) in [5.74, 6) is -0.468. The summed E-state index contributed by atoms with van der Waals surface area (Å²) in [7, 11) is 0. The molecule has 2 atom stereocenters. The van der Waals surface area contributed by atoms with Crippen molar-refractivity contribution in [3.8, 4) is 0 Å². The van der Waals surface area contributed by atoms with Crippen molar-refractivity contribution in [1.29, 1.82) is 0 Å². The van der Waals surface area contributed by atoms with Crippen molar-refractivity contribution >= 4 is 23.4 Å². The maximum absolute atomic E-state index is 12.6. The van der Waals surface area contributed by atoms with Crippen molar-refractivity contribution in [3.05, 3.63) is 35.9 Å². The highest BCUT2D eigenvalue weighted by Crippen LogP contribution is 2.24. The van der Waals surface area contributed by atoms with Gasteiger partial charge in [-0.05, 0) is 12.5 Å². The second kappa shape index (κ2) is 7.43. The van der Waals surface area contributed by atoms with E-state index in [9.17, 15) is 9.59 Å². The van der Waals surface area contributed by atoms with Gasteiger partial charge in [-0.25, -0.2) is 0 Å². The number of hydrogen-bond donors (Lipinski definition) is 1. The zero-order valence-electron chi connectivity index (χ0n) is 11.9. The zero-order chi connectivity index (χ0) is 15.2. The third-order valence-corrected chi connectivity index (χ3v) is 3.81. The topological polar surface area (TPSA) is 58.6 Å². The average molecular weight is 311 g/mol. The highest BCUT2D eigenvalue weighted by Gasteiger charge is 2.35. The number of benzene rings is 1. The molecule has 5 nitrogen and oxygen atoms in total. The van der Waals surface area contributed by atoms with E-state index in [1.165, 1.54) is 4.90 Å². The molecule has 1 aliphatic rings. The van der Waals surface area contributed by atoms with Gasteiger partial charge >= 0.3 is 0 Å². The van der Waals surface area contributed by atoms with Crippen LogP contribution in [0.25, 0.3) is 0 Å². The lowest BCUT2D eigenvalue weighted by atomic mass is 10.1. The zero-order valence-corrected chi connectivity index (χ0v) is 12.7. The van der Waals surface area contributed by atoms with Crippen molar-refractivity contribution in [2.75, 3.05) is 26.3 Å². The Kier molecular flexibility index (Phi) is 5.59. The molecule has 0 aliphatic carbocycles. The van der Waals surface area contributed by atoms with Gasteiger partial charge in [0.1, 0.15) is 11.4 Å². The first-order valence-electron chi connectivity index (χ1n) is 7.00. The molecule has 2 unspecified atom stereocenters. The van der Waals surface area contributed by atoms with Gasteiger partial charge in [-0.15, -0.1) is 11.6 Å². The first kappa shape index (κ1) is 15.8. The van der Waals surface area contributed by atoms with Crippen molar-refractivity contribution in [1.82, 2.24) is 10.2 Å². The van der Waals surface area contributed by atoms with E-state index in [1.807, 2.05) is 25.1 Å². The van der Waals surface area contributed by atoms with Crippen LogP contribution in [0.3, 0.4) is 0 Å². The van der Waals surface area contributed by atoms with Crippen LogP contribution in [-0.2, 0) is 14.3 Å². The van der Waals surface area contributed by atoms with Crippen molar-refractivity contribution in [2.45, 2.75) is 18.3 Å². The molecule has 1 aromatic carbocycles. The summed E-state index contributed by atoms with van der Waals surface area (Å²) in [6.45, 7) is 3.34. The molecular formula is C15H19ClN2O3. The molecule has 0 spiro atoms. The van der Waals surface area contributed by atoms with Crippen LogP contribution in [0.2, 0.25) is 0 Å². The second-order valence-electron chi connectivity index (χ2n) is 4.79. The first-order chi connectivity index (χ1) is 10.1.